The topological polar surface area (TPSA) is 27.1 Å². The van der Waals surface area contributed by atoms with E-state index in [1.807, 2.05) is 24.0 Å². The summed E-state index contributed by atoms with van der Waals surface area (Å²) in [5, 5.41) is 4.41. The van der Waals surface area contributed by atoms with Gasteiger partial charge in [0.2, 0.25) is 0 Å². The fourth-order valence-electron chi connectivity index (χ4n) is 2.09. The van der Waals surface area contributed by atoms with Crippen molar-refractivity contribution in [3.8, 4) is 17.0 Å². The van der Waals surface area contributed by atoms with E-state index in [2.05, 4.69) is 23.3 Å². The van der Waals surface area contributed by atoms with Crippen LogP contribution in [0.4, 0.5) is 0 Å². The zero-order chi connectivity index (χ0) is 11.0. The van der Waals surface area contributed by atoms with Gasteiger partial charge < -0.3 is 4.74 Å². The number of nitrogens with zero attached hydrogens (tertiary/aromatic N) is 2. The molecule has 0 amide bonds. The monoisotopic (exact) mass is 214 g/mol. The molecule has 1 aromatic heterocycles. The van der Waals surface area contributed by atoms with Gasteiger partial charge in [0.1, 0.15) is 5.75 Å². The molecule has 82 valence electrons. The minimum atomic E-state index is 0.843. The minimum Gasteiger partial charge on any atom is -0.493 e. The van der Waals surface area contributed by atoms with Crippen LogP contribution in [-0.4, -0.2) is 16.4 Å². The molecule has 1 aliphatic rings. The van der Waals surface area contributed by atoms with E-state index in [4.69, 9.17) is 4.74 Å². The highest BCUT2D eigenvalue weighted by Crippen LogP contribution is 2.29. The first kappa shape index (κ1) is 9.46. The molecule has 0 unspecified atom stereocenters. The molecule has 2 heterocycles. The quantitative estimate of drug-likeness (QED) is 0.729. The van der Waals surface area contributed by atoms with Crippen molar-refractivity contribution in [1.29, 1.82) is 0 Å². The minimum absolute atomic E-state index is 0.843. The molecule has 0 fully saturated rings. The fourth-order valence-corrected chi connectivity index (χ4v) is 2.09. The van der Waals surface area contributed by atoms with Crippen LogP contribution < -0.4 is 4.74 Å². The summed E-state index contributed by atoms with van der Waals surface area (Å²) in [6.07, 6.45) is 4.18. The predicted molar refractivity (Wildman–Crippen MR) is 62.5 cm³/mol. The molecule has 0 N–H and O–H groups in total. The Morgan fingerprint density at radius 1 is 1.31 bits per heavy atom. The van der Waals surface area contributed by atoms with Gasteiger partial charge >= 0.3 is 0 Å². The van der Waals surface area contributed by atoms with Gasteiger partial charge in [-0.15, -0.1) is 0 Å². The molecule has 3 heteroatoms. The summed E-state index contributed by atoms with van der Waals surface area (Å²) >= 11 is 0. The lowest BCUT2D eigenvalue weighted by Gasteiger charge is -2.17. The van der Waals surface area contributed by atoms with Gasteiger partial charge in [-0.1, -0.05) is 0 Å². The van der Waals surface area contributed by atoms with E-state index in [0.717, 1.165) is 30.9 Å². The molecule has 0 atom stereocenters. The largest absolute Gasteiger partial charge is 0.493 e. The summed E-state index contributed by atoms with van der Waals surface area (Å²) in [6.45, 7) is 0.843. The van der Waals surface area contributed by atoms with Crippen LogP contribution in [0.15, 0.2) is 30.5 Å². The summed E-state index contributed by atoms with van der Waals surface area (Å²) in [5.74, 6) is 1.03. The first-order chi connectivity index (χ1) is 7.83. The standard InChI is InChI=1S/C13H14N2O/c1-15-7-6-12(14-15)10-4-5-13-11(9-10)3-2-8-16-13/h4-7,9H,2-3,8H2,1H3. The second-order valence-electron chi connectivity index (χ2n) is 4.15. The van der Waals surface area contributed by atoms with E-state index >= 15 is 0 Å². The van der Waals surface area contributed by atoms with Gasteiger partial charge in [-0.25, -0.2) is 0 Å². The van der Waals surface area contributed by atoms with Crippen LogP contribution in [0.2, 0.25) is 0 Å². The van der Waals surface area contributed by atoms with Crippen LogP contribution in [-0.2, 0) is 13.5 Å². The average Bonchev–Trinajstić information content (AvgIpc) is 2.75. The van der Waals surface area contributed by atoms with Gasteiger partial charge in [-0.2, -0.15) is 5.10 Å². The normalized spacial score (nSPS) is 14.3. The number of hydrogen-bond acceptors (Lipinski definition) is 2. The van der Waals surface area contributed by atoms with Crippen molar-refractivity contribution >= 4 is 0 Å². The van der Waals surface area contributed by atoms with E-state index in [1.165, 1.54) is 11.1 Å². The maximum absolute atomic E-state index is 5.59. The molecular weight excluding hydrogens is 200 g/mol. The van der Waals surface area contributed by atoms with E-state index < -0.39 is 0 Å². The van der Waals surface area contributed by atoms with Gasteiger partial charge in [0.15, 0.2) is 0 Å². The number of aryl methyl sites for hydroxylation is 2. The van der Waals surface area contributed by atoms with Gasteiger partial charge in [0, 0.05) is 18.8 Å². The van der Waals surface area contributed by atoms with Crippen molar-refractivity contribution in [2.75, 3.05) is 6.61 Å². The third-order valence-electron chi connectivity index (χ3n) is 2.92. The Labute approximate surface area is 94.7 Å². The van der Waals surface area contributed by atoms with Crippen LogP contribution in [0.3, 0.4) is 0 Å². The predicted octanol–water partition coefficient (Wildman–Crippen LogP) is 2.41. The zero-order valence-corrected chi connectivity index (χ0v) is 9.31. The van der Waals surface area contributed by atoms with E-state index in [-0.39, 0.29) is 0 Å². The van der Waals surface area contributed by atoms with Crippen molar-refractivity contribution < 1.29 is 4.74 Å². The fraction of sp³-hybridized carbons (Fsp3) is 0.308. The summed E-state index contributed by atoms with van der Waals surface area (Å²) in [5.41, 5.74) is 3.50. The lowest BCUT2D eigenvalue weighted by molar-refractivity contribution is 0.288. The van der Waals surface area contributed by atoms with Crippen LogP contribution in [0, 0.1) is 0 Å². The number of ether oxygens (including phenoxy) is 1. The SMILES string of the molecule is Cn1ccc(-c2ccc3c(c2)CCCO3)n1. The second-order valence-corrected chi connectivity index (χ2v) is 4.15. The number of hydrogen-bond donors (Lipinski definition) is 0. The molecular formula is C13H14N2O. The first-order valence-corrected chi connectivity index (χ1v) is 5.59. The maximum Gasteiger partial charge on any atom is 0.122 e. The van der Waals surface area contributed by atoms with Crippen molar-refractivity contribution in [2.24, 2.45) is 7.05 Å². The highest BCUT2D eigenvalue weighted by molar-refractivity contribution is 5.61. The summed E-state index contributed by atoms with van der Waals surface area (Å²) in [7, 11) is 1.94. The van der Waals surface area contributed by atoms with Crippen molar-refractivity contribution in [1.82, 2.24) is 9.78 Å². The van der Waals surface area contributed by atoms with E-state index in [0.29, 0.717) is 0 Å². The Hall–Kier alpha value is -1.77. The molecule has 0 saturated carbocycles. The van der Waals surface area contributed by atoms with Crippen LogP contribution in [0.5, 0.6) is 5.75 Å². The first-order valence-electron chi connectivity index (χ1n) is 5.59. The van der Waals surface area contributed by atoms with Gasteiger partial charge in [-0.3, -0.25) is 4.68 Å². The number of fused-ring (bicyclic) bond motifs is 1. The molecule has 16 heavy (non-hydrogen) atoms. The lowest BCUT2D eigenvalue weighted by atomic mass is 10.0. The van der Waals surface area contributed by atoms with Gasteiger partial charge in [-0.05, 0) is 42.7 Å². The highest BCUT2D eigenvalue weighted by Gasteiger charge is 2.11. The average molecular weight is 214 g/mol. The lowest BCUT2D eigenvalue weighted by Crippen LogP contribution is -2.08. The molecule has 0 bridgehead atoms. The highest BCUT2D eigenvalue weighted by atomic mass is 16.5. The Kier molecular flexibility index (Phi) is 2.17. The molecule has 3 rings (SSSR count). The van der Waals surface area contributed by atoms with Crippen molar-refractivity contribution in [3.63, 3.8) is 0 Å². The third-order valence-corrected chi connectivity index (χ3v) is 2.92. The van der Waals surface area contributed by atoms with E-state index in [9.17, 15) is 0 Å². The molecule has 0 spiro atoms. The van der Waals surface area contributed by atoms with Gasteiger partial charge in [0.05, 0.1) is 12.3 Å². The zero-order valence-electron chi connectivity index (χ0n) is 9.31. The Balaban J connectivity index is 2.02. The summed E-state index contributed by atoms with van der Waals surface area (Å²) in [6, 6.07) is 8.35. The van der Waals surface area contributed by atoms with Crippen molar-refractivity contribution in [3.05, 3.63) is 36.0 Å². The summed E-state index contributed by atoms with van der Waals surface area (Å²) < 4.78 is 7.42. The smallest absolute Gasteiger partial charge is 0.122 e. The van der Waals surface area contributed by atoms with Crippen molar-refractivity contribution in [2.45, 2.75) is 12.8 Å². The number of benzene rings is 1. The van der Waals surface area contributed by atoms with E-state index in [1.54, 1.807) is 0 Å². The van der Waals surface area contributed by atoms with Crippen LogP contribution in [0.25, 0.3) is 11.3 Å². The molecule has 0 aliphatic carbocycles. The molecule has 2 aromatic rings. The Morgan fingerprint density at radius 3 is 3.06 bits per heavy atom. The van der Waals surface area contributed by atoms with Gasteiger partial charge in [0.25, 0.3) is 0 Å². The Bertz CT molecular complexity index is 516. The molecule has 0 saturated heterocycles. The van der Waals surface area contributed by atoms with Crippen LogP contribution in [0.1, 0.15) is 12.0 Å². The van der Waals surface area contributed by atoms with Crippen LogP contribution >= 0.6 is 0 Å². The maximum atomic E-state index is 5.59. The summed E-state index contributed by atoms with van der Waals surface area (Å²) in [4.78, 5) is 0. The molecule has 1 aliphatic heterocycles. The third kappa shape index (κ3) is 1.58. The number of aromatic nitrogens is 2. The Morgan fingerprint density at radius 2 is 2.25 bits per heavy atom. The molecule has 3 nitrogen and oxygen atoms in total. The number of rotatable bonds is 1. The molecule has 1 aromatic carbocycles. The second kappa shape index (κ2) is 3.67. The molecule has 0 radical (unpaired) electrons.